The van der Waals surface area contributed by atoms with Gasteiger partial charge in [0, 0.05) is 6.42 Å². The van der Waals surface area contributed by atoms with E-state index < -0.39 is 0 Å². The van der Waals surface area contributed by atoms with Gasteiger partial charge in [-0.25, -0.2) is 0 Å². The number of rotatable bonds is 3. The molecule has 1 rings (SSSR count). The van der Waals surface area contributed by atoms with Gasteiger partial charge in [-0.1, -0.05) is 11.6 Å². The summed E-state index contributed by atoms with van der Waals surface area (Å²) < 4.78 is 0. The van der Waals surface area contributed by atoms with Gasteiger partial charge in [-0.05, 0) is 6.54 Å². The molecule has 1 heterocycles. The van der Waals surface area contributed by atoms with E-state index >= 15 is 0 Å². The predicted octanol–water partition coefficient (Wildman–Crippen LogP) is 0.595. The van der Waals surface area contributed by atoms with Crippen LogP contribution in [-0.4, -0.2) is 22.5 Å². The van der Waals surface area contributed by atoms with Crippen LogP contribution in [0.3, 0.4) is 0 Å². The van der Waals surface area contributed by atoms with Crippen LogP contribution in [0.15, 0.2) is 6.20 Å². The van der Waals surface area contributed by atoms with Crippen molar-refractivity contribution in [3.8, 4) is 0 Å². The molecule has 1 aromatic rings. The Balaban J connectivity index is 2.76. The Morgan fingerprint density at radius 1 is 1.82 bits per heavy atom. The molecule has 1 aromatic heterocycles. The van der Waals surface area contributed by atoms with Crippen molar-refractivity contribution in [2.24, 2.45) is 5.73 Å². The molecular weight excluding hydrogens is 166 g/mol. The molecule has 0 aliphatic rings. The van der Waals surface area contributed by atoms with Crippen molar-refractivity contribution < 1.29 is 4.79 Å². The number of hydrogen-bond acceptors (Lipinski definition) is 3. The Kier molecular flexibility index (Phi) is 2.62. The van der Waals surface area contributed by atoms with E-state index in [1.807, 2.05) is 0 Å². The normalized spacial score (nSPS) is 10.0. The first kappa shape index (κ1) is 8.23. The maximum Gasteiger partial charge on any atom is 0.168 e. The number of nitrogens with one attached hydrogen (secondary N) is 1. The molecule has 0 aromatic carbocycles. The van der Waals surface area contributed by atoms with E-state index in [4.69, 9.17) is 17.3 Å². The van der Waals surface area contributed by atoms with Crippen molar-refractivity contribution in [2.45, 2.75) is 6.42 Å². The van der Waals surface area contributed by atoms with Crippen LogP contribution in [0.1, 0.15) is 16.8 Å². The van der Waals surface area contributed by atoms with Gasteiger partial charge in [-0.15, -0.1) is 0 Å². The molecule has 0 aliphatic carbocycles. The number of hydrogen-bond donors (Lipinski definition) is 2. The number of aromatic nitrogens is 2. The Morgan fingerprint density at radius 2 is 2.55 bits per heavy atom. The maximum atomic E-state index is 11.1. The van der Waals surface area contributed by atoms with E-state index in [2.05, 4.69) is 10.2 Å². The number of nitrogens with two attached hydrogens (primary N) is 1. The van der Waals surface area contributed by atoms with Crippen molar-refractivity contribution >= 4 is 17.4 Å². The van der Waals surface area contributed by atoms with Gasteiger partial charge in [0.15, 0.2) is 5.78 Å². The first-order valence-electron chi connectivity index (χ1n) is 3.18. The fraction of sp³-hybridized carbons (Fsp3) is 0.333. The largest absolute Gasteiger partial charge is 0.330 e. The van der Waals surface area contributed by atoms with Crippen LogP contribution in [0.5, 0.6) is 0 Å². The van der Waals surface area contributed by atoms with Crippen LogP contribution in [0.25, 0.3) is 0 Å². The van der Waals surface area contributed by atoms with Gasteiger partial charge in [0.1, 0.15) is 5.15 Å². The molecule has 0 bridgehead atoms. The number of carbonyl (C=O) groups is 1. The maximum absolute atomic E-state index is 11.1. The lowest BCUT2D eigenvalue weighted by Gasteiger charge is -1.92. The molecule has 11 heavy (non-hydrogen) atoms. The van der Waals surface area contributed by atoms with Crippen LogP contribution in [-0.2, 0) is 0 Å². The minimum atomic E-state index is -0.0775. The number of halogens is 1. The summed E-state index contributed by atoms with van der Waals surface area (Å²) in [5, 5.41) is 6.35. The standard InChI is InChI=1S/C6H8ClN3O/c7-6-4(3-9-10-6)5(11)1-2-8/h3H,1-2,8H2,(H,9,10). The van der Waals surface area contributed by atoms with Crippen LogP contribution < -0.4 is 5.73 Å². The second-order valence-corrected chi connectivity index (χ2v) is 2.44. The fourth-order valence-electron chi connectivity index (χ4n) is 0.731. The van der Waals surface area contributed by atoms with Gasteiger partial charge in [0.05, 0.1) is 11.8 Å². The summed E-state index contributed by atoms with van der Waals surface area (Å²) in [4.78, 5) is 11.1. The second kappa shape index (κ2) is 3.50. The average molecular weight is 174 g/mol. The topological polar surface area (TPSA) is 71.8 Å². The summed E-state index contributed by atoms with van der Waals surface area (Å²) in [6.45, 7) is 0.334. The number of Topliss-reactive ketones (excluding diaryl/α,β-unsaturated/α-hetero) is 1. The Morgan fingerprint density at radius 3 is 3.00 bits per heavy atom. The van der Waals surface area contributed by atoms with E-state index in [1.165, 1.54) is 6.20 Å². The fourth-order valence-corrected chi connectivity index (χ4v) is 0.934. The molecule has 0 amide bonds. The van der Waals surface area contributed by atoms with Crippen molar-refractivity contribution in [2.75, 3.05) is 6.54 Å². The zero-order chi connectivity index (χ0) is 8.27. The van der Waals surface area contributed by atoms with Crippen molar-refractivity contribution in [3.63, 3.8) is 0 Å². The van der Waals surface area contributed by atoms with E-state index in [0.717, 1.165) is 0 Å². The Bertz CT molecular complexity index is 258. The third-order valence-corrected chi connectivity index (χ3v) is 1.55. The Hall–Kier alpha value is -0.870. The highest BCUT2D eigenvalue weighted by molar-refractivity contribution is 6.32. The quantitative estimate of drug-likeness (QED) is 0.658. The molecule has 4 nitrogen and oxygen atoms in total. The lowest BCUT2D eigenvalue weighted by Crippen LogP contribution is -2.07. The number of carbonyl (C=O) groups excluding carboxylic acids is 1. The highest BCUT2D eigenvalue weighted by Crippen LogP contribution is 2.12. The molecule has 60 valence electrons. The lowest BCUT2D eigenvalue weighted by molar-refractivity contribution is 0.0985. The summed E-state index contributed by atoms with van der Waals surface area (Å²) in [6.07, 6.45) is 1.71. The lowest BCUT2D eigenvalue weighted by atomic mass is 10.2. The third-order valence-electron chi connectivity index (χ3n) is 1.26. The first-order valence-corrected chi connectivity index (χ1v) is 3.55. The minimum absolute atomic E-state index is 0.0775. The van der Waals surface area contributed by atoms with Crippen molar-refractivity contribution in [1.29, 1.82) is 0 Å². The van der Waals surface area contributed by atoms with E-state index in [0.29, 0.717) is 18.5 Å². The average Bonchev–Trinajstić information content (AvgIpc) is 2.36. The molecular formula is C6H8ClN3O. The summed E-state index contributed by atoms with van der Waals surface area (Å²) in [6, 6.07) is 0. The number of H-pyrrole nitrogens is 1. The highest BCUT2D eigenvalue weighted by atomic mass is 35.5. The SMILES string of the molecule is NCCC(=O)c1cn[nH]c1Cl. The van der Waals surface area contributed by atoms with Crippen molar-refractivity contribution in [1.82, 2.24) is 10.2 Å². The van der Waals surface area contributed by atoms with Gasteiger partial charge >= 0.3 is 0 Å². The molecule has 3 N–H and O–H groups in total. The van der Waals surface area contributed by atoms with Crippen LogP contribution in [0.2, 0.25) is 5.15 Å². The van der Waals surface area contributed by atoms with Crippen LogP contribution in [0, 0.1) is 0 Å². The summed E-state index contributed by atoms with van der Waals surface area (Å²) in [5.41, 5.74) is 5.61. The monoisotopic (exact) mass is 173 g/mol. The van der Waals surface area contributed by atoms with Crippen LogP contribution in [0.4, 0.5) is 0 Å². The summed E-state index contributed by atoms with van der Waals surface area (Å²) in [5.74, 6) is -0.0775. The van der Waals surface area contributed by atoms with Crippen molar-refractivity contribution in [3.05, 3.63) is 16.9 Å². The number of nitrogens with zero attached hydrogens (tertiary/aromatic N) is 1. The van der Waals surface area contributed by atoms with Crippen LogP contribution >= 0.6 is 11.6 Å². The molecule has 0 saturated carbocycles. The zero-order valence-electron chi connectivity index (χ0n) is 5.80. The molecule has 0 saturated heterocycles. The molecule has 0 atom stereocenters. The van der Waals surface area contributed by atoms with Gasteiger partial charge in [0.25, 0.3) is 0 Å². The molecule has 0 fully saturated rings. The molecule has 0 radical (unpaired) electrons. The molecule has 5 heteroatoms. The van der Waals surface area contributed by atoms with Gasteiger partial charge in [-0.2, -0.15) is 5.10 Å². The Labute approximate surface area is 68.7 Å². The number of ketones is 1. The minimum Gasteiger partial charge on any atom is -0.330 e. The number of aromatic amines is 1. The predicted molar refractivity (Wildman–Crippen MR) is 41.6 cm³/mol. The highest BCUT2D eigenvalue weighted by Gasteiger charge is 2.10. The van der Waals surface area contributed by atoms with Gasteiger partial charge in [-0.3, -0.25) is 9.89 Å². The van der Waals surface area contributed by atoms with E-state index in [-0.39, 0.29) is 10.9 Å². The zero-order valence-corrected chi connectivity index (χ0v) is 6.56. The smallest absolute Gasteiger partial charge is 0.168 e. The van der Waals surface area contributed by atoms with Gasteiger partial charge < -0.3 is 5.73 Å². The summed E-state index contributed by atoms with van der Waals surface area (Å²) >= 11 is 5.59. The first-order chi connectivity index (χ1) is 5.25. The van der Waals surface area contributed by atoms with Gasteiger partial charge in [0.2, 0.25) is 0 Å². The molecule has 0 aliphatic heterocycles. The molecule has 0 spiro atoms. The van der Waals surface area contributed by atoms with E-state index in [9.17, 15) is 4.79 Å². The second-order valence-electron chi connectivity index (χ2n) is 2.06. The molecule has 0 unspecified atom stereocenters. The summed E-state index contributed by atoms with van der Waals surface area (Å²) in [7, 11) is 0. The van der Waals surface area contributed by atoms with E-state index in [1.54, 1.807) is 0 Å². The third kappa shape index (κ3) is 1.78.